The van der Waals surface area contributed by atoms with E-state index in [1.165, 1.54) is 12.8 Å². The summed E-state index contributed by atoms with van der Waals surface area (Å²) >= 11 is 0. The second-order valence-corrected chi connectivity index (χ2v) is 5.65. The van der Waals surface area contributed by atoms with E-state index in [4.69, 9.17) is 4.74 Å². The molecule has 0 aliphatic carbocycles. The molecule has 2 unspecified atom stereocenters. The fraction of sp³-hybridized carbons (Fsp3) is 0.933. The minimum absolute atomic E-state index is 0. The number of rotatable bonds is 7. The van der Waals surface area contributed by atoms with Gasteiger partial charge in [0.1, 0.15) is 0 Å². The summed E-state index contributed by atoms with van der Waals surface area (Å²) in [6.07, 6.45) is 4.24. The van der Waals surface area contributed by atoms with Gasteiger partial charge in [0.15, 0.2) is 5.96 Å². The Balaban J connectivity index is 0.00000400. The molecule has 0 bridgehead atoms. The van der Waals surface area contributed by atoms with Crippen LogP contribution in [0.25, 0.3) is 0 Å². The van der Waals surface area contributed by atoms with Crippen LogP contribution in [0.1, 0.15) is 40.0 Å². The highest BCUT2D eigenvalue weighted by Gasteiger charge is 2.21. The van der Waals surface area contributed by atoms with Crippen LogP contribution in [0.3, 0.4) is 0 Å². The Bertz CT molecular complexity index is 279. The molecule has 2 N–H and O–H groups in total. The largest absolute Gasteiger partial charge is 0.373 e. The molecule has 0 aromatic carbocycles. The van der Waals surface area contributed by atoms with Crippen LogP contribution in [0.2, 0.25) is 0 Å². The Morgan fingerprint density at radius 1 is 1.14 bits per heavy atom. The van der Waals surface area contributed by atoms with Crippen molar-refractivity contribution in [3.05, 3.63) is 0 Å². The number of guanidine groups is 1. The summed E-state index contributed by atoms with van der Waals surface area (Å²) in [6, 6.07) is 0. The van der Waals surface area contributed by atoms with Crippen LogP contribution in [0.5, 0.6) is 0 Å². The second kappa shape index (κ2) is 12.5. The molecule has 1 aliphatic heterocycles. The number of nitrogens with one attached hydrogen (secondary N) is 2. The predicted molar refractivity (Wildman–Crippen MR) is 101 cm³/mol. The molecule has 1 rings (SSSR count). The molecule has 0 aromatic rings. The van der Waals surface area contributed by atoms with E-state index in [1.807, 2.05) is 7.05 Å². The number of halogens is 1. The normalized spacial score (nSPS) is 23.5. The highest BCUT2D eigenvalue weighted by atomic mass is 127. The van der Waals surface area contributed by atoms with Crippen molar-refractivity contribution in [3.8, 4) is 0 Å². The highest BCUT2D eigenvalue weighted by Crippen LogP contribution is 2.10. The molecule has 2 atom stereocenters. The molecule has 1 aliphatic rings. The fourth-order valence-corrected chi connectivity index (χ4v) is 2.58. The van der Waals surface area contributed by atoms with Crippen LogP contribution in [0.15, 0.2) is 4.99 Å². The van der Waals surface area contributed by atoms with Gasteiger partial charge in [0.05, 0.1) is 12.2 Å². The number of morpholine rings is 1. The van der Waals surface area contributed by atoms with Crippen molar-refractivity contribution in [2.45, 2.75) is 52.2 Å². The Morgan fingerprint density at radius 2 is 1.71 bits per heavy atom. The van der Waals surface area contributed by atoms with Gasteiger partial charge < -0.3 is 15.4 Å². The molecule has 0 spiro atoms. The van der Waals surface area contributed by atoms with Gasteiger partial charge in [-0.2, -0.15) is 0 Å². The Labute approximate surface area is 147 Å². The van der Waals surface area contributed by atoms with Crippen molar-refractivity contribution in [2.24, 2.45) is 4.99 Å². The summed E-state index contributed by atoms with van der Waals surface area (Å²) in [6.45, 7) is 11.7. The molecular weight excluding hydrogens is 379 g/mol. The molecule has 6 heteroatoms. The molecule has 1 fully saturated rings. The molecule has 1 heterocycles. The zero-order valence-electron chi connectivity index (χ0n) is 14.0. The SMILES string of the molecule is CCCCNC(=NC)NCCCN1CC(C)OC(C)C1.I. The summed E-state index contributed by atoms with van der Waals surface area (Å²) < 4.78 is 5.75. The van der Waals surface area contributed by atoms with Gasteiger partial charge in [-0.3, -0.25) is 9.89 Å². The quantitative estimate of drug-likeness (QED) is 0.291. The Morgan fingerprint density at radius 3 is 2.24 bits per heavy atom. The third-order valence-electron chi connectivity index (χ3n) is 3.49. The van der Waals surface area contributed by atoms with Crippen molar-refractivity contribution in [2.75, 3.05) is 39.8 Å². The molecule has 5 nitrogen and oxygen atoms in total. The summed E-state index contributed by atoms with van der Waals surface area (Å²) in [7, 11) is 1.83. The monoisotopic (exact) mass is 412 g/mol. The van der Waals surface area contributed by atoms with Gasteiger partial charge in [-0.05, 0) is 26.7 Å². The van der Waals surface area contributed by atoms with Crippen LogP contribution in [-0.4, -0.2) is 62.8 Å². The topological polar surface area (TPSA) is 48.9 Å². The highest BCUT2D eigenvalue weighted by molar-refractivity contribution is 14.0. The van der Waals surface area contributed by atoms with Gasteiger partial charge in [0.25, 0.3) is 0 Å². The van der Waals surface area contributed by atoms with Crippen molar-refractivity contribution in [3.63, 3.8) is 0 Å². The number of unbranched alkanes of at least 4 members (excludes halogenated alkanes) is 1. The summed E-state index contributed by atoms with van der Waals surface area (Å²) in [5, 5.41) is 6.70. The van der Waals surface area contributed by atoms with E-state index >= 15 is 0 Å². The first-order valence-electron chi connectivity index (χ1n) is 7.98. The number of hydrogen-bond donors (Lipinski definition) is 2. The average molecular weight is 412 g/mol. The van der Waals surface area contributed by atoms with Crippen molar-refractivity contribution in [1.82, 2.24) is 15.5 Å². The Hall–Kier alpha value is -0.0800. The lowest BCUT2D eigenvalue weighted by Gasteiger charge is -2.35. The van der Waals surface area contributed by atoms with Gasteiger partial charge in [-0.25, -0.2) is 0 Å². The lowest BCUT2D eigenvalue weighted by molar-refractivity contribution is -0.0679. The van der Waals surface area contributed by atoms with Crippen LogP contribution < -0.4 is 10.6 Å². The summed E-state index contributed by atoms with van der Waals surface area (Å²) in [4.78, 5) is 6.72. The van der Waals surface area contributed by atoms with Crippen LogP contribution >= 0.6 is 24.0 Å². The van der Waals surface area contributed by atoms with E-state index in [-0.39, 0.29) is 24.0 Å². The Kier molecular flexibility index (Phi) is 12.4. The molecule has 0 amide bonds. The zero-order chi connectivity index (χ0) is 14.8. The molecule has 0 saturated carbocycles. The van der Waals surface area contributed by atoms with E-state index in [1.54, 1.807) is 0 Å². The first-order chi connectivity index (χ1) is 9.65. The van der Waals surface area contributed by atoms with Gasteiger partial charge in [-0.15, -0.1) is 24.0 Å². The summed E-state index contributed by atoms with van der Waals surface area (Å²) in [5.41, 5.74) is 0. The van der Waals surface area contributed by atoms with Crippen molar-refractivity contribution < 1.29 is 4.74 Å². The predicted octanol–water partition coefficient (Wildman–Crippen LogP) is 2.07. The van der Waals surface area contributed by atoms with Crippen LogP contribution in [0.4, 0.5) is 0 Å². The second-order valence-electron chi connectivity index (χ2n) is 5.65. The van der Waals surface area contributed by atoms with E-state index in [2.05, 4.69) is 41.3 Å². The smallest absolute Gasteiger partial charge is 0.190 e. The number of hydrogen-bond acceptors (Lipinski definition) is 3. The third kappa shape index (κ3) is 9.52. The van der Waals surface area contributed by atoms with Gasteiger partial charge in [-0.1, -0.05) is 13.3 Å². The minimum Gasteiger partial charge on any atom is -0.373 e. The summed E-state index contributed by atoms with van der Waals surface area (Å²) in [5.74, 6) is 0.919. The standard InChI is InChI=1S/C15H32N4O.HI/c1-5-6-8-17-15(16-4)18-9-7-10-19-11-13(2)20-14(3)12-19;/h13-14H,5-12H2,1-4H3,(H2,16,17,18);1H. The van der Waals surface area contributed by atoms with Gasteiger partial charge >= 0.3 is 0 Å². The number of ether oxygens (including phenoxy) is 1. The lowest BCUT2D eigenvalue weighted by atomic mass is 10.2. The van der Waals surface area contributed by atoms with Crippen molar-refractivity contribution >= 4 is 29.9 Å². The molecular formula is C15H33IN4O. The fourth-order valence-electron chi connectivity index (χ4n) is 2.58. The van der Waals surface area contributed by atoms with Crippen LogP contribution in [0, 0.1) is 0 Å². The molecule has 0 aromatic heterocycles. The minimum atomic E-state index is 0. The van der Waals surface area contributed by atoms with Gasteiger partial charge in [0.2, 0.25) is 0 Å². The van der Waals surface area contributed by atoms with E-state index in [0.29, 0.717) is 12.2 Å². The number of aliphatic imine (C=N–C) groups is 1. The molecule has 21 heavy (non-hydrogen) atoms. The van der Waals surface area contributed by atoms with Crippen molar-refractivity contribution in [1.29, 1.82) is 0 Å². The van der Waals surface area contributed by atoms with E-state index in [9.17, 15) is 0 Å². The maximum Gasteiger partial charge on any atom is 0.190 e. The maximum atomic E-state index is 5.75. The van der Waals surface area contributed by atoms with Gasteiger partial charge in [0, 0.05) is 39.8 Å². The van der Waals surface area contributed by atoms with E-state index < -0.39 is 0 Å². The van der Waals surface area contributed by atoms with Crippen LogP contribution in [-0.2, 0) is 4.74 Å². The van der Waals surface area contributed by atoms with E-state index in [0.717, 1.165) is 45.1 Å². The maximum absolute atomic E-state index is 5.75. The number of nitrogens with zero attached hydrogens (tertiary/aromatic N) is 2. The zero-order valence-corrected chi connectivity index (χ0v) is 16.4. The lowest BCUT2D eigenvalue weighted by Crippen LogP contribution is -2.46. The average Bonchev–Trinajstić information content (AvgIpc) is 2.40. The first-order valence-corrected chi connectivity index (χ1v) is 7.98. The first kappa shape index (κ1) is 20.9. The molecule has 1 saturated heterocycles. The molecule has 0 radical (unpaired) electrons. The molecule has 126 valence electrons. The third-order valence-corrected chi connectivity index (χ3v) is 3.49.